The molecule has 0 amide bonds. The fraction of sp³-hybridized carbons (Fsp3) is 0.0462. The molecule has 0 spiro atoms. The lowest BCUT2D eigenvalue weighted by molar-refractivity contribution is 0.609. The van der Waals surface area contributed by atoms with Gasteiger partial charge in [-0.15, -0.1) is 6.42 Å². The summed E-state index contributed by atoms with van der Waals surface area (Å²) >= 11 is 0. The van der Waals surface area contributed by atoms with Gasteiger partial charge in [0, 0.05) is 33.9 Å². The van der Waals surface area contributed by atoms with Gasteiger partial charge in [0.15, 0.2) is 0 Å². The van der Waals surface area contributed by atoms with Crippen LogP contribution < -0.4 is 0 Å². The van der Waals surface area contributed by atoms with Gasteiger partial charge < -0.3 is 9.47 Å². The average molecular weight is 859 g/mol. The first kappa shape index (κ1) is 42.3. The number of para-hydroxylation sites is 1. The zero-order valence-corrected chi connectivity index (χ0v) is 37.8. The number of hydrogen-bond acceptors (Lipinski definition) is 1. The zero-order valence-electron chi connectivity index (χ0n) is 37.8. The summed E-state index contributed by atoms with van der Waals surface area (Å²) in [7, 11) is 0. The molecule has 2 nitrogen and oxygen atoms in total. The van der Waals surface area contributed by atoms with Gasteiger partial charge in [0.2, 0.25) is 0 Å². The van der Waals surface area contributed by atoms with E-state index in [0.29, 0.717) is 0 Å². The summed E-state index contributed by atoms with van der Waals surface area (Å²) in [5.74, 6) is 2.64. The average Bonchev–Trinajstić information content (AvgIpc) is 3.99. The molecular formula is C65H50N2. The molecule has 10 rings (SSSR count). The number of terminal acetylenes is 1. The first-order valence-electron chi connectivity index (χ1n) is 22.7. The van der Waals surface area contributed by atoms with Crippen molar-refractivity contribution in [2.75, 3.05) is 0 Å². The Bertz CT molecular complexity index is 3470. The van der Waals surface area contributed by atoms with E-state index >= 15 is 0 Å². The molecule has 0 radical (unpaired) electrons. The first-order chi connectivity index (χ1) is 33.0. The van der Waals surface area contributed by atoms with Crippen molar-refractivity contribution >= 4 is 33.5 Å². The van der Waals surface area contributed by atoms with Crippen LogP contribution in [0.2, 0.25) is 0 Å². The third-order valence-corrected chi connectivity index (χ3v) is 13.4. The van der Waals surface area contributed by atoms with Gasteiger partial charge in [-0.05, 0) is 147 Å². The summed E-state index contributed by atoms with van der Waals surface area (Å²) in [6.45, 7) is 19.0. The quantitative estimate of drug-likeness (QED) is 0.0929. The molecule has 2 aliphatic carbocycles. The number of allylic oxidation sites excluding steroid dienone is 16. The van der Waals surface area contributed by atoms with E-state index < -0.39 is 5.41 Å². The molecule has 3 aliphatic rings. The molecule has 0 atom stereocenters. The van der Waals surface area contributed by atoms with E-state index in [2.05, 4.69) is 206 Å². The smallest absolute Gasteiger partial charge is 0.0716 e. The predicted molar refractivity (Wildman–Crippen MR) is 285 cm³/mol. The van der Waals surface area contributed by atoms with Crippen molar-refractivity contribution < 1.29 is 0 Å². The van der Waals surface area contributed by atoms with Crippen LogP contribution in [-0.2, 0) is 11.8 Å². The zero-order chi connectivity index (χ0) is 46.1. The third kappa shape index (κ3) is 6.92. The molecular weight excluding hydrogens is 809 g/mol. The van der Waals surface area contributed by atoms with Gasteiger partial charge in [0.25, 0.3) is 0 Å². The molecule has 67 heavy (non-hydrogen) atoms. The molecule has 0 saturated heterocycles. The summed E-state index contributed by atoms with van der Waals surface area (Å²) in [4.78, 5) is 2.09. The molecule has 0 saturated carbocycles. The predicted octanol–water partition coefficient (Wildman–Crippen LogP) is 15.9. The Labute approximate surface area is 394 Å². The van der Waals surface area contributed by atoms with E-state index in [0.717, 1.165) is 56.6 Å². The molecule has 0 unspecified atom stereocenters. The maximum atomic E-state index is 5.69. The number of aromatic nitrogens is 1. The standard InChI is InChI=1S/C65H50N2/c1-7-12-26-49(24-9-3)66-41-21-20-25-45(6)51(10-4)62(66)38-35-46-36-39-63-57(42-46)58-44-48(37-40-64(58)67(63)50-27-14-13-15-28-50)65(59-32-18-16-29-54(59)55-30-17-19-33-60(55)65)61-34-22-31-53-52(11-5)47(23-8-2)43-56(53)61/h1,8-42,44H,3-6,43H2,2H3/b23-8-,25-20-,26-12-,38-35?,41-21-,49-24+,62-51-. The van der Waals surface area contributed by atoms with Crippen LogP contribution in [0.5, 0.6) is 0 Å². The summed E-state index contributed by atoms with van der Waals surface area (Å²) in [5, 5.41) is 2.33. The van der Waals surface area contributed by atoms with Gasteiger partial charge >= 0.3 is 0 Å². The summed E-state index contributed by atoms with van der Waals surface area (Å²) < 4.78 is 2.40. The Morgan fingerprint density at radius 1 is 0.687 bits per heavy atom. The van der Waals surface area contributed by atoms with Crippen LogP contribution in [-0.4, -0.2) is 9.47 Å². The van der Waals surface area contributed by atoms with Crippen molar-refractivity contribution in [2.24, 2.45) is 0 Å². The summed E-state index contributed by atoms with van der Waals surface area (Å²) in [6.07, 6.45) is 34.4. The van der Waals surface area contributed by atoms with Crippen LogP contribution in [0.3, 0.4) is 0 Å². The van der Waals surface area contributed by atoms with E-state index in [1.165, 1.54) is 61.0 Å². The number of benzene rings is 6. The van der Waals surface area contributed by atoms with Crippen molar-refractivity contribution in [2.45, 2.75) is 18.8 Å². The molecule has 1 aliphatic heterocycles. The highest BCUT2D eigenvalue weighted by Gasteiger charge is 2.48. The number of fused-ring (bicyclic) bond motifs is 7. The lowest BCUT2D eigenvalue weighted by atomic mass is 9.65. The fourth-order valence-electron chi connectivity index (χ4n) is 10.7. The minimum Gasteiger partial charge on any atom is -0.317 e. The molecule has 1 aromatic heterocycles. The van der Waals surface area contributed by atoms with Crippen LogP contribution in [0.25, 0.3) is 50.3 Å². The van der Waals surface area contributed by atoms with Crippen molar-refractivity contribution in [3.8, 4) is 29.2 Å². The maximum absolute atomic E-state index is 5.69. The molecule has 6 aromatic carbocycles. The monoisotopic (exact) mass is 858 g/mol. The molecule has 2 heterocycles. The van der Waals surface area contributed by atoms with Crippen molar-refractivity contribution in [1.82, 2.24) is 9.47 Å². The molecule has 0 bridgehead atoms. The van der Waals surface area contributed by atoms with E-state index in [1.54, 1.807) is 12.2 Å². The van der Waals surface area contributed by atoms with Crippen LogP contribution in [0.1, 0.15) is 45.9 Å². The number of nitrogens with zero attached hydrogens (tertiary/aromatic N) is 2. The largest absolute Gasteiger partial charge is 0.317 e. The van der Waals surface area contributed by atoms with Gasteiger partial charge in [-0.2, -0.15) is 0 Å². The SMILES string of the molecule is C#C/C=C\C(=C/C=C)N1/C=C\C=C/C(=C)/C(C=C)=C\1C=Cc1ccc2c(c1)c1cc(C3(c4cccc5c4CC(/C=C\C)=C5C=C)c4ccccc4-c4ccccc43)ccc1n2-c1ccccc1. The highest BCUT2D eigenvalue weighted by molar-refractivity contribution is 6.10. The van der Waals surface area contributed by atoms with E-state index in [-0.39, 0.29) is 0 Å². The second-order valence-electron chi connectivity index (χ2n) is 16.9. The summed E-state index contributed by atoms with van der Waals surface area (Å²) in [5.41, 5.74) is 20.1. The maximum Gasteiger partial charge on any atom is 0.0716 e. The van der Waals surface area contributed by atoms with Gasteiger partial charge in [-0.1, -0.05) is 178 Å². The number of hydrogen-bond donors (Lipinski definition) is 0. The van der Waals surface area contributed by atoms with Crippen molar-refractivity contribution in [3.63, 3.8) is 0 Å². The van der Waals surface area contributed by atoms with E-state index in [9.17, 15) is 0 Å². The van der Waals surface area contributed by atoms with Crippen LogP contribution in [0.15, 0.2) is 267 Å². The third-order valence-electron chi connectivity index (χ3n) is 13.4. The highest BCUT2D eigenvalue weighted by atomic mass is 15.1. The van der Waals surface area contributed by atoms with Gasteiger partial charge in [0.1, 0.15) is 0 Å². The topological polar surface area (TPSA) is 8.17 Å². The van der Waals surface area contributed by atoms with Crippen molar-refractivity contribution in [3.05, 3.63) is 306 Å². The molecule has 2 heteroatoms. The normalized spacial score (nSPS) is 17.5. The Hall–Kier alpha value is -8.64. The second kappa shape index (κ2) is 17.7. The molecule has 0 N–H and O–H groups in total. The van der Waals surface area contributed by atoms with Crippen LogP contribution in [0, 0.1) is 12.3 Å². The minimum absolute atomic E-state index is 0.604. The lowest BCUT2D eigenvalue weighted by Gasteiger charge is -2.35. The van der Waals surface area contributed by atoms with Gasteiger partial charge in [0.05, 0.1) is 22.1 Å². The summed E-state index contributed by atoms with van der Waals surface area (Å²) in [6, 6.07) is 49.6. The second-order valence-corrected chi connectivity index (χ2v) is 16.9. The van der Waals surface area contributed by atoms with Crippen LogP contribution in [0.4, 0.5) is 0 Å². The Morgan fingerprint density at radius 2 is 1.36 bits per heavy atom. The molecule has 320 valence electrons. The van der Waals surface area contributed by atoms with Crippen molar-refractivity contribution in [1.29, 1.82) is 0 Å². The molecule has 0 fully saturated rings. The number of rotatable bonds is 11. The Morgan fingerprint density at radius 3 is 2.06 bits per heavy atom. The Kier molecular flexibility index (Phi) is 11.2. The van der Waals surface area contributed by atoms with E-state index in [1.807, 2.05) is 48.7 Å². The van der Waals surface area contributed by atoms with Gasteiger partial charge in [-0.25, -0.2) is 0 Å². The fourth-order valence-corrected chi connectivity index (χ4v) is 10.7. The van der Waals surface area contributed by atoms with Crippen LogP contribution >= 0.6 is 0 Å². The molecule has 7 aromatic rings. The van der Waals surface area contributed by atoms with E-state index in [4.69, 9.17) is 6.42 Å². The first-order valence-corrected chi connectivity index (χ1v) is 22.7. The Balaban J connectivity index is 1.23. The van der Waals surface area contributed by atoms with Gasteiger partial charge in [-0.3, -0.25) is 0 Å². The minimum atomic E-state index is -0.604. The highest BCUT2D eigenvalue weighted by Crippen LogP contribution is 2.58. The lowest BCUT2D eigenvalue weighted by Crippen LogP contribution is -2.30.